The zero-order valence-electron chi connectivity index (χ0n) is 10.4. The molecule has 1 fully saturated rings. The lowest BCUT2D eigenvalue weighted by Gasteiger charge is -2.33. The molecule has 0 aromatic carbocycles. The SMILES string of the molecule is C[C@H]1CCCCN1c1nccc(NCCN)n1. The summed E-state index contributed by atoms with van der Waals surface area (Å²) >= 11 is 0. The summed E-state index contributed by atoms with van der Waals surface area (Å²) in [6.07, 6.45) is 5.57. The molecule has 5 nitrogen and oxygen atoms in total. The smallest absolute Gasteiger partial charge is 0.227 e. The lowest BCUT2D eigenvalue weighted by molar-refractivity contribution is 0.477. The molecule has 0 unspecified atom stereocenters. The molecule has 2 rings (SSSR count). The second kappa shape index (κ2) is 5.82. The molecule has 94 valence electrons. The molecule has 1 aromatic heterocycles. The molecule has 1 saturated heterocycles. The summed E-state index contributed by atoms with van der Waals surface area (Å²) in [7, 11) is 0. The Labute approximate surface area is 102 Å². The van der Waals surface area contributed by atoms with Crippen molar-refractivity contribution in [3.63, 3.8) is 0 Å². The van der Waals surface area contributed by atoms with Crippen LogP contribution in [0, 0.1) is 0 Å². The Balaban J connectivity index is 2.08. The zero-order chi connectivity index (χ0) is 12.1. The highest BCUT2D eigenvalue weighted by atomic mass is 15.3. The summed E-state index contributed by atoms with van der Waals surface area (Å²) in [5.74, 6) is 1.69. The second-order valence-electron chi connectivity index (χ2n) is 4.50. The van der Waals surface area contributed by atoms with Crippen LogP contribution in [0.3, 0.4) is 0 Å². The van der Waals surface area contributed by atoms with Gasteiger partial charge in [-0.15, -0.1) is 0 Å². The Morgan fingerprint density at radius 2 is 2.41 bits per heavy atom. The monoisotopic (exact) mass is 235 g/mol. The Hall–Kier alpha value is -1.36. The van der Waals surface area contributed by atoms with E-state index < -0.39 is 0 Å². The molecule has 17 heavy (non-hydrogen) atoms. The van der Waals surface area contributed by atoms with Crippen LogP contribution in [0.4, 0.5) is 11.8 Å². The highest BCUT2D eigenvalue weighted by molar-refractivity contribution is 5.42. The van der Waals surface area contributed by atoms with Gasteiger partial charge in [-0.3, -0.25) is 0 Å². The summed E-state index contributed by atoms with van der Waals surface area (Å²) in [5.41, 5.74) is 5.46. The van der Waals surface area contributed by atoms with Crippen LogP contribution in [-0.4, -0.2) is 35.6 Å². The van der Waals surface area contributed by atoms with E-state index in [-0.39, 0.29) is 0 Å². The fourth-order valence-electron chi connectivity index (χ4n) is 2.18. The van der Waals surface area contributed by atoms with Crippen molar-refractivity contribution < 1.29 is 0 Å². The van der Waals surface area contributed by atoms with Crippen molar-refractivity contribution in [3.8, 4) is 0 Å². The van der Waals surface area contributed by atoms with Crippen LogP contribution in [0.1, 0.15) is 26.2 Å². The van der Waals surface area contributed by atoms with E-state index in [1.165, 1.54) is 19.3 Å². The summed E-state index contributed by atoms with van der Waals surface area (Å²) in [6.45, 7) is 4.65. The molecule has 0 amide bonds. The highest BCUT2D eigenvalue weighted by Gasteiger charge is 2.20. The Kier molecular flexibility index (Phi) is 4.14. The van der Waals surface area contributed by atoms with Crippen LogP contribution >= 0.6 is 0 Å². The van der Waals surface area contributed by atoms with Crippen LogP contribution < -0.4 is 16.0 Å². The molecule has 0 saturated carbocycles. The molecule has 0 aliphatic carbocycles. The first kappa shape index (κ1) is 12.1. The molecule has 1 atom stereocenters. The first-order valence-electron chi connectivity index (χ1n) is 6.35. The largest absolute Gasteiger partial charge is 0.369 e. The first-order valence-corrected chi connectivity index (χ1v) is 6.35. The third-order valence-electron chi connectivity index (χ3n) is 3.15. The van der Waals surface area contributed by atoms with Crippen molar-refractivity contribution in [1.29, 1.82) is 0 Å². The standard InChI is InChI=1S/C12H21N5/c1-10-4-2-3-9-17(10)12-15-7-5-11(16-12)14-8-6-13/h5,7,10H,2-4,6,8-9,13H2,1H3,(H,14,15,16)/t10-/m0/s1. The van der Waals surface area contributed by atoms with Crippen molar-refractivity contribution in [2.45, 2.75) is 32.2 Å². The summed E-state index contributed by atoms with van der Waals surface area (Å²) in [4.78, 5) is 11.2. The fraction of sp³-hybridized carbons (Fsp3) is 0.667. The second-order valence-corrected chi connectivity index (χ2v) is 4.50. The van der Waals surface area contributed by atoms with Gasteiger partial charge in [0.05, 0.1) is 0 Å². The molecule has 1 aromatic rings. The van der Waals surface area contributed by atoms with E-state index in [4.69, 9.17) is 5.73 Å². The zero-order valence-corrected chi connectivity index (χ0v) is 10.4. The number of anilines is 2. The van der Waals surface area contributed by atoms with E-state index in [1.807, 2.05) is 12.3 Å². The molecule has 2 heterocycles. The molecule has 0 radical (unpaired) electrons. The van der Waals surface area contributed by atoms with Gasteiger partial charge in [0.15, 0.2) is 0 Å². The predicted molar refractivity (Wildman–Crippen MR) is 70.2 cm³/mol. The summed E-state index contributed by atoms with van der Waals surface area (Å²) < 4.78 is 0. The van der Waals surface area contributed by atoms with E-state index in [2.05, 4.69) is 27.1 Å². The number of rotatable bonds is 4. The van der Waals surface area contributed by atoms with Gasteiger partial charge >= 0.3 is 0 Å². The van der Waals surface area contributed by atoms with Crippen LogP contribution in [0.25, 0.3) is 0 Å². The van der Waals surface area contributed by atoms with Crippen LogP contribution in [0.15, 0.2) is 12.3 Å². The highest BCUT2D eigenvalue weighted by Crippen LogP contribution is 2.21. The molecular weight excluding hydrogens is 214 g/mol. The Morgan fingerprint density at radius 1 is 1.53 bits per heavy atom. The minimum atomic E-state index is 0.536. The number of hydrogen-bond donors (Lipinski definition) is 2. The molecular formula is C12H21N5. The number of piperidine rings is 1. The Morgan fingerprint density at radius 3 is 3.18 bits per heavy atom. The van der Waals surface area contributed by atoms with Gasteiger partial charge in [0.25, 0.3) is 0 Å². The van der Waals surface area contributed by atoms with E-state index in [0.29, 0.717) is 12.6 Å². The minimum Gasteiger partial charge on any atom is -0.369 e. The normalized spacial score (nSPS) is 20.4. The van der Waals surface area contributed by atoms with Crippen molar-refractivity contribution in [1.82, 2.24) is 9.97 Å². The molecule has 0 bridgehead atoms. The van der Waals surface area contributed by atoms with Gasteiger partial charge in [0.2, 0.25) is 5.95 Å². The van der Waals surface area contributed by atoms with Crippen molar-refractivity contribution >= 4 is 11.8 Å². The summed E-state index contributed by atoms with van der Waals surface area (Å²) in [5, 5.41) is 3.19. The van der Waals surface area contributed by atoms with Gasteiger partial charge in [-0.2, -0.15) is 4.98 Å². The number of hydrogen-bond acceptors (Lipinski definition) is 5. The van der Waals surface area contributed by atoms with E-state index in [0.717, 1.165) is 24.9 Å². The Bertz CT molecular complexity index is 355. The van der Waals surface area contributed by atoms with Crippen molar-refractivity contribution in [2.24, 2.45) is 5.73 Å². The number of nitrogens with two attached hydrogens (primary N) is 1. The summed E-state index contributed by atoms with van der Waals surface area (Å²) in [6, 6.07) is 2.42. The molecule has 1 aliphatic rings. The van der Waals surface area contributed by atoms with Crippen molar-refractivity contribution in [3.05, 3.63) is 12.3 Å². The van der Waals surface area contributed by atoms with E-state index in [1.54, 1.807) is 0 Å². The van der Waals surface area contributed by atoms with Gasteiger partial charge in [-0.25, -0.2) is 4.98 Å². The topological polar surface area (TPSA) is 67.1 Å². The molecule has 5 heteroatoms. The third kappa shape index (κ3) is 3.06. The molecule has 1 aliphatic heterocycles. The van der Waals surface area contributed by atoms with Crippen LogP contribution in [-0.2, 0) is 0 Å². The van der Waals surface area contributed by atoms with Gasteiger partial charge < -0.3 is 16.0 Å². The molecule has 0 spiro atoms. The van der Waals surface area contributed by atoms with Crippen LogP contribution in [0.2, 0.25) is 0 Å². The number of nitrogens with one attached hydrogen (secondary N) is 1. The number of aromatic nitrogens is 2. The van der Waals surface area contributed by atoms with Gasteiger partial charge in [0.1, 0.15) is 5.82 Å². The van der Waals surface area contributed by atoms with E-state index >= 15 is 0 Å². The van der Waals surface area contributed by atoms with Gasteiger partial charge in [-0.05, 0) is 32.3 Å². The fourth-order valence-corrected chi connectivity index (χ4v) is 2.18. The van der Waals surface area contributed by atoms with E-state index in [9.17, 15) is 0 Å². The van der Waals surface area contributed by atoms with Gasteiger partial charge in [-0.1, -0.05) is 0 Å². The number of nitrogens with zero attached hydrogens (tertiary/aromatic N) is 3. The maximum absolute atomic E-state index is 5.46. The van der Waals surface area contributed by atoms with Crippen molar-refractivity contribution in [2.75, 3.05) is 29.9 Å². The minimum absolute atomic E-state index is 0.536. The maximum Gasteiger partial charge on any atom is 0.227 e. The first-order chi connectivity index (χ1) is 8.31. The third-order valence-corrected chi connectivity index (χ3v) is 3.15. The lowest BCUT2D eigenvalue weighted by atomic mass is 10.0. The van der Waals surface area contributed by atoms with Crippen LogP contribution in [0.5, 0.6) is 0 Å². The quantitative estimate of drug-likeness (QED) is 0.821. The lowest BCUT2D eigenvalue weighted by Crippen LogP contribution is -2.38. The predicted octanol–water partition coefficient (Wildman–Crippen LogP) is 1.23. The maximum atomic E-state index is 5.46. The average Bonchev–Trinajstić information content (AvgIpc) is 2.37. The average molecular weight is 235 g/mol. The van der Waals surface area contributed by atoms with Gasteiger partial charge in [0, 0.05) is 31.9 Å². The molecule has 3 N–H and O–H groups in total.